The van der Waals surface area contributed by atoms with Gasteiger partial charge in [-0.3, -0.25) is 0 Å². The Morgan fingerprint density at radius 1 is 1.45 bits per heavy atom. The predicted octanol–water partition coefficient (Wildman–Crippen LogP) is 1.90. The van der Waals surface area contributed by atoms with Gasteiger partial charge in [-0.2, -0.15) is 0 Å². The highest BCUT2D eigenvalue weighted by atomic mass is 16.5. The Hall–Kier alpha value is -0.810. The van der Waals surface area contributed by atoms with Crippen molar-refractivity contribution in [2.45, 2.75) is 59.1 Å². The molecule has 1 rings (SSSR count). The first-order valence-electron chi connectivity index (χ1n) is 7.61. The molecule has 118 valence electrons. The molecule has 0 spiro atoms. The molecule has 0 aromatic carbocycles. The summed E-state index contributed by atoms with van der Waals surface area (Å²) in [4.78, 5) is 11.8. The molecule has 0 radical (unpaired) electrons. The zero-order valence-corrected chi connectivity index (χ0v) is 13.2. The van der Waals surface area contributed by atoms with Gasteiger partial charge in [0.2, 0.25) is 0 Å². The van der Waals surface area contributed by atoms with Gasteiger partial charge in [-0.25, -0.2) is 4.79 Å². The first kappa shape index (κ1) is 17.2. The molecule has 0 saturated carbocycles. The van der Waals surface area contributed by atoms with Crippen molar-refractivity contribution in [3.05, 3.63) is 0 Å². The van der Waals surface area contributed by atoms with E-state index in [1.165, 1.54) is 0 Å². The summed E-state index contributed by atoms with van der Waals surface area (Å²) >= 11 is 0. The van der Waals surface area contributed by atoms with E-state index >= 15 is 0 Å². The minimum atomic E-state index is -0.130. The summed E-state index contributed by atoms with van der Waals surface area (Å²) < 4.78 is 5.80. The van der Waals surface area contributed by atoms with Crippen LogP contribution in [0.4, 0.5) is 4.79 Å². The van der Waals surface area contributed by atoms with Crippen LogP contribution in [0.25, 0.3) is 0 Å². The van der Waals surface area contributed by atoms with Crippen LogP contribution < -0.4 is 10.6 Å². The van der Waals surface area contributed by atoms with Crippen LogP contribution in [0.2, 0.25) is 0 Å². The van der Waals surface area contributed by atoms with Gasteiger partial charge in [0.15, 0.2) is 0 Å². The van der Waals surface area contributed by atoms with Gasteiger partial charge in [-0.05, 0) is 31.6 Å². The van der Waals surface area contributed by atoms with Crippen LogP contribution in [-0.2, 0) is 4.74 Å². The van der Waals surface area contributed by atoms with Gasteiger partial charge < -0.3 is 20.5 Å². The second-order valence-electron chi connectivity index (χ2n) is 6.83. The molecule has 1 fully saturated rings. The zero-order chi connectivity index (χ0) is 15.2. The molecule has 5 heteroatoms. The smallest absolute Gasteiger partial charge is 0.315 e. The molecular formula is C15H30N2O3. The predicted molar refractivity (Wildman–Crippen MR) is 79.6 cm³/mol. The van der Waals surface area contributed by atoms with Crippen LogP contribution >= 0.6 is 0 Å². The van der Waals surface area contributed by atoms with Crippen molar-refractivity contribution in [3.8, 4) is 0 Å². The van der Waals surface area contributed by atoms with E-state index in [2.05, 4.69) is 31.4 Å². The third kappa shape index (κ3) is 5.67. The Balaban J connectivity index is 2.30. The highest BCUT2D eigenvalue weighted by Gasteiger charge is 2.37. The molecule has 1 aliphatic heterocycles. The van der Waals surface area contributed by atoms with E-state index in [1.54, 1.807) is 0 Å². The first-order valence-corrected chi connectivity index (χ1v) is 7.61. The normalized spacial score (nSPS) is 24.4. The number of carbonyl (C=O) groups is 1. The van der Waals surface area contributed by atoms with E-state index < -0.39 is 0 Å². The highest BCUT2D eigenvalue weighted by Crippen LogP contribution is 2.34. The van der Waals surface area contributed by atoms with E-state index in [-0.39, 0.29) is 30.2 Å². The van der Waals surface area contributed by atoms with Gasteiger partial charge in [-0.15, -0.1) is 0 Å². The molecule has 0 unspecified atom stereocenters. The third-order valence-electron chi connectivity index (χ3n) is 3.77. The van der Waals surface area contributed by atoms with Crippen molar-refractivity contribution < 1.29 is 14.6 Å². The molecule has 0 aromatic heterocycles. The fraction of sp³-hybridized carbons (Fsp3) is 0.933. The zero-order valence-electron chi connectivity index (χ0n) is 13.2. The average Bonchev–Trinajstić information content (AvgIpc) is 2.82. The van der Waals surface area contributed by atoms with Crippen LogP contribution in [0.5, 0.6) is 0 Å². The summed E-state index contributed by atoms with van der Waals surface area (Å²) in [5.41, 5.74) is 0.105. The number of ether oxygens (including phenoxy) is 1. The van der Waals surface area contributed by atoms with Crippen molar-refractivity contribution in [2.24, 2.45) is 11.3 Å². The van der Waals surface area contributed by atoms with Crippen molar-refractivity contribution in [1.29, 1.82) is 0 Å². The van der Waals surface area contributed by atoms with Gasteiger partial charge in [0.05, 0.1) is 6.10 Å². The van der Waals surface area contributed by atoms with Crippen molar-refractivity contribution in [1.82, 2.24) is 10.6 Å². The molecule has 1 aliphatic rings. The van der Waals surface area contributed by atoms with Crippen molar-refractivity contribution in [3.63, 3.8) is 0 Å². The fourth-order valence-corrected chi connectivity index (χ4v) is 2.77. The second-order valence-corrected chi connectivity index (χ2v) is 6.83. The topological polar surface area (TPSA) is 70.6 Å². The lowest BCUT2D eigenvalue weighted by Gasteiger charge is -2.31. The molecule has 20 heavy (non-hydrogen) atoms. The standard InChI is InChI=1S/C15H30N2O3/c1-11(6-5-8-18)17-14(19)16-10-12-7-9-20-13(12)15(2,3)4/h11-13,18H,5-10H2,1-4H3,(H2,16,17,19)/t11-,12+,13-/m0/s1. The maximum Gasteiger partial charge on any atom is 0.315 e. The summed E-state index contributed by atoms with van der Waals surface area (Å²) in [5, 5.41) is 14.6. The summed E-state index contributed by atoms with van der Waals surface area (Å²) in [6.07, 6.45) is 2.71. The maximum absolute atomic E-state index is 11.8. The molecule has 1 heterocycles. The van der Waals surface area contributed by atoms with Crippen molar-refractivity contribution in [2.75, 3.05) is 19.8 Å². The summed E-state index contributed by atoms with van der Waals surface area (Å²) in [6.45, 7) is 10.1. The number of carbonyl (C=O) groups excluding carboxylic acids is 1. The largest absolute Gasteiger partial charge is 0.396 e. The molecule has 1 saturated heterocycles. The molecule has 3 N–H and O–H groups in total. The number of amides is 2. The summed E-state index contributed by atoms with van der Waals surface area (Å²) in [6, 6.07) is -0.0459. The lowest BCUT2D eigenvalue weighted by atomic mass is 9.81. The van der Waals surface area contributed by atoms with Crippen LogP contribution in [0.3, 0.4) is 0 Å². The maximum atomic E-state index is 11.8. The Morgan fingerprint density at radius 3 is 2.75 bits per heavy atom. The number of nitrogens with one attached hydrogen (secondary N) is 2. The van der Waals surface area contributed by atoms with Crippen LogP contribution in [-0.4, -0.2) is 43.0 Å². The van der Waals surface area contributed by atoms with Crippen LogP contribution in [0.1, 0.15) is 47.0 Å². The van der Waals surface area contributed by atoms with E-state index in [0.717, 1.165) is 19.4 Å². The molecule has 2 amide bonds. The Labute approximate surface area is 122 Å². The number of hydrogen-bond acceptors (Lipinski definition) is 3. The van der Waals surface area contributed by atoms with Gasteiger partial charge in [-0.1, -0.05) is 20.8 Å². The van der Waals surface area contributed by atoms with E-state index in [9.17, 15) is 4.79 Å². The number of urea groups is 1. The second kappa shape index (κ2) is 7.84. The number of aliphatic hydroxyl groups is 1. The average molecular weight is 286 g/mol. The molecular weight excluding hydrogens is 256 g/mol. The minimum Gasteiger partial charge on any atom is -0.396 e. The van der Waals surface area contributed by atoms with Gasteiger partial charge in [0.25, 0.3) is 0 Å². The number of aliphatic hydroxyl groups excluding tert-OH is 1. The molecule has 5 nitrogen and oxygen atoms in total. The summed E-state index contributed by atoms with van der Waals surface area (Å²) in [7, 11) is 0. The van der Waals surface area contributed by atoms with Crippen LogP contribution in [0, 0.1) is 11.3 Å². The SMILES string of the molecule is C[C@@H](CCCO)NC(=O)NC[C@H]1CCO[C@@H]1C(C)(C)C. The molecule has 0 aliphatic carbocycles. The fourth-order valence-electron chi connectivity index (χ4n) is 2.77. The van der Waals surface area contributed by atoms with Gasteiger partial charge in [0.1, 0.15) is 0 Å². The summed E-state index contributed by atoms with van der Waals surface area (Å²) in [5.74, 6) is 0.383. The van der Waals surface area contributed by atoms with E-state index in [0.29, 0.717) is 18.9 Å². The minimum absolute atomic E-state index is 0.0837. The molecule has 3 atom stereocenters. The van der Waals surface area contributed by atoms with E-state index in [4.69, 9.17) is 9.84 Å². The third-order valence-corrected chi connectivity index (χ3v) is 3.77. The Morgan fingerprint density at radius 2 is 2.15 bits per heavy atom. The monoisotopic (exact) mass is 286 g/mol. The van der Waals surface area contributed by atoms with Crippen molar-refractivity contribution >= 4 is 6.03 Å². The number of hydrogen-bond donors (Lipinski definition) is 3. The van der Waals surface area contributed by atoms with Gasteiger partial charge in [0, 0.05) is 31.7 Å². The quantitative estimate of drug-likeness (QED) is 0.698. The highest BCUT2D eigenvalue weighted by molar-refractivity contribution is 5.74. The lowest BCUT2D eigenvalue weighted by Crippen LogP contribution is -2.45. The van der Waals surface area contributed by atoms with Crippen LogP contribution in [0.15, 0.2) is 0 Å². The molecule has 0 bridgehead atoms. The first-order chi connectivity index (χ1) is 9.34. The van der Waals surface area contributed by atoms with E-state index in [1.807, 2.05) is 6.92 Å². The molecule has 0 aromatic rings. The number of rotatable bonds is 6. The lowest BCUT2D eigenvalue weighted by molar-refractivity contribution is 0.00774. The van der Waals surface area contributed by atoms with Gasteiger partial charge >= 0.3 is 6.03 Å². The Bertz CT molecular complexity index is 302. The Kier molecular flexibility index (Phi) is 6.76.